The number of benzene rings is 2. The van der Waals surface area contributed by atoms with Gasteiger partial charge in [0.25, 0.3) is 5.91 Å². The second-order valence-corrected chi connectivity index (χ2v) is 9.64. The molecule has 0 N–H and O–H groups in total. The zero-order chi connectivity index (χ0) is 22.3. The third kappa shape index (κ3) is 3.87. The highest BCUT2D eigenvalue weighted by molar-refractivity contribution is 6.31. The van der Waals surface area contributed by atoms with Crippen LogP contribution in [0.3, 0.4) is 0 Å². The number of carbonyl (C=O) groups is 1. The molecule has 0 spiro atoms. The minimum Gasteiger partial charge on any atom is -0.488 e. The first-order chi connectivity index (χ1) is 14.0. The van der Waals surface area contributed by atoms with Crippen LogP contribution in [0.4, 0.5) is 0 Å². The Hall–Kier alpha value is -2.64. The molecule has 0 aliphatic heterocycles. The molecule has 0 unspecified atom stereocenters. The van der Waals surface area contributed by atoms with Crippen molar-refractivity contribution in [3.63, 3.8) is 0 Å². The number of hydrogen-bond acceptors (Lipinski definition) is 3. The Morgan fingerprint density at radius 2 is 1.70 bits per heavy atom. The average Bonchev–Trinajstić information content (AvgIpc) is 2.69. The quantitative estimate of drug-likeness (QED) is 0.570. The topological polar surface area (TPSA) is 62.4 Å². The van der Waals surface area contributed by atoms with Crippen molar-refractivity contribution in [1.82, 2.24) is 0 Å². The molecular weight excluding hydrogens is 396 g/mol. The molecule has 0 aromatic heterocycles. The van der Waals surface area contributed by atoms with Crippen LogP contribution in [-0.4, -0.2) is 17.7 Å². The minimum absolute atomic E-state index is 0.191. The number of aliphatic imine (C=N–C) groups is 1. The summed E-state index contributed by atoms with van der Waals surface area (Å²) >= 11 is 6.14. The van der Waals surface area contributed by atoms with Gasteiger partial charge in [0.1, 0.15) is 17.9 Å². The second-order valence-electron chi connectivity index (χ2n) is 9.24. The summed E-state index contributed by atoms with van der Waals surface area (Å²) in [5.74, 6) is 0.778. The molecule has 1 saturated carbocycles. The summed E-state index contributed by atoms with van der Waals surface area (Å²) < 4.78 is 6.23. The summed E-state index contributed by atoms with van der Waals surface area (Å²) in [6.07, 6.45) is -0.191. The number of carbonyl (C=O) groups excluding carboxylic acids is 1. The van der Waals surface area contributed by atoms with E-state index in [1.807, 2.05) is 58.0 Å². The number of ether oxygens (including phenoxy) is 1. The van der Waals surface area contributed by atoms with Crippen molar-refractivity contribution in [2.24, 2.45) is 15.8 Å². The molecule has 1 fully saturated rings. The number of nitrogens with zero attached hydrogens (tertiary/aromatic N) is 2. The summed E-state index contributed by atoms with van der Waals surface area (Å²) in [5, 5.41) is 9.41. The van der Waals surface area contributed by atoms with Crippen LogP contribution in [0, 0.1) is 22.2 Å². The van der Waals surface area contributed by atoms with Crippen LogP contribution >= 0.6 is 11.6 Å². The van der Waals surface area contributed by atoms with Gasteiger partial charge in [-0.2, -0.15) is 5.26 Å². The Morgan fingerprint density at radius 3 is 2.20 bits per heavy atom. The zero-order valence-corrected chi connectivity index (χ0v) is 19.0. The average molecular weight is 423 g/mol. The van der Waals surface area contributed by atoms with Crippen molar-refractivity contribution < 1.29 is 9.53 Å². The number of amides is 1. The Labute approximate surface area is 183 Å². The van der Waals surface area contributed by atoms with Crippen molar-refractivity contribution in [1.29, 1.82) is 5.26 Å². The summed E-state index contributed by atoms with van der Waals surface area (Å²) in [4.78, 5) is 17.3. The van der Waals surface area contributed by atoms with Crippen LogP contribution < -0.4 is 4.74 Å². The van der Waals surface area contributed by atoms with E-state index in [0.717, 1.165) is 5.71 Å². The van der Waals surface area contributed by atoms with Gasteiger partial charge < -0.3 is 4.74 Å². The summed E-state index contributed by atoms with van der Waals surface area (Å²) in [5.41, 5.74) is 2.17. The lowest BCUT2D eigenvalue weighted by Gasteiger charge is -2.57. The van der Waals surface area contributed by atoms with E-state index in [1.165, 1.54) is 5.56 Å². The number of halogens is 1. The number of nitriles is 1. The van der Waals surface area contributed by atoms with Gasteiger partial charge in [-0.1, -0.05) is 65.3 Å². The SMILES string of the molecule is CC(C)c1ccc(C(=O)N=C2C(C)(C)C(Oc3ccc(C#N)c(Cl)c3)C2(C)C)cc1. The maximum absolute atomic E-state index is 12.8. The predicted molar refractivity (Wildman–Crippen MR) is 120 cm³/mol. The van der Waals surface area contributed by atoms with Crippen LogP contribution in [0.25, 0.3) is 0 Å². The molecular formula is C25H27ClN2O2. The Kier molecular flexibility index (Phi) is 5.80. The lowest BCUT2D eigenvalue weighted by Crippen LogP contribution is -2.67. The molecule has 2 aromatic rings. The molecule has 1 aliphatic rings. The smallest absolute Gasteiger partial charge is 0.276 e. The third-order valence-corrected chi connectivity index (χ3v) is 6.20. The molecule has 5 heteroatoms. The molecule has 0 radical (unpaired) electrons. The van der Waals surface area contributed by atoms with E-state index >= 15 is 0 Å². The van der Waals surface area contributed by atoms with Gasteiger partial charge in [0.05, 0.1) is 10.6 Å². The van der Waals surface area contributed by atoms with E-state index in [-0.39, 0.29) is 12.0 Å². The summed E-state index contributed by atoms with van der Waals surface area (Å²) in [6.45, 7) is 12.4. The van der Waals surface area contributed by atoms with Crippen LogP contribution in [0.1, 0.15) is 68.9 Å². The molecule has 156 valence electrons. The maximum atomic E-state index is 12.8. The van der Waals surface area contributed by atoms with E-state index < -0.39 is 10.8 Å². The molecule has 3 rings (SSSR count). The zero-order valence-electron chi connectivity index (χ0n) is 18.3. The molecule has 2 aromatic carbocycles. The largest absolute Gasteiger partial charge is 0.488 e. The van der Waals surface area contributed by atoms with E-state index in [9.17, 15) is 4.79 Å². The molecule has 0 saturated heterocycles. The first kappa shape index (κ1) is 22.1. The van der Waals surface area contributed by atoms with Crippen LogP contribution in [0.5, 0.6) is 5.75 Å². The molecule has 0 bridgehead atoms. The van der Waals surface area contributed by atoms with Gasteiger partial charge in [0.15, 0.2) is 0 Å². The van der Waals surface area contributed by atoms with Crippen molar-refractivity contribution in [3.05, 3.63) is 64.2 Å². The van der Waals surface area contributed by atoms with Crippen molar-refractivity contribution >= 4 is 23.2 Å². The van der Waals surface area contributed by atoms with Crippen molar-refractivity contribution in [2.45, 2.75) is 53.6 Å². The Morgan fingerprint density at radius 1 is 1.10 bits per heavy atom. The molecule has 30 heavy (non-hydrogen) atoms. The Balaban J connectivity index is 1.83. The van der Waals surface area contributed by atoms with Gasteiger partial charge in [0.2, 0.25) is 0 Å². The van der Waals surface area contributed by atoms with Crippen molar-refractivity contribution in [3.8, 4) is 11.8 Å². The predicted octanol–water partition coefficient (Wildman–Crippen LogP) is 6.43. The van der Waals surface area contributed by atoms with Gasteiger partial charge in [0, 0.05) is 28.2 Å². The fourth-order valence-electron chi connectivity index (χ4n) is 4.46. The highest BCUT2D eigenvalue weighted by atomic mass is 35.5. The number of rotatable bonds is 4. The van der Waals surface area contributed by atoms with Gasteiger partial charge >= 0.3 is 0 Å². The van der Waals surface area contributed by atoms with Gasteiger partial charge in [-0.25, -0.2) is 4.99 Å². The van der Waals surface area contributed by atoms with Gasteiger partial charge in [-0.15, -0.1) is 0 Å². The van der Waals surface area contributed by atoms with Crippen LogP contribution in [-0.2, 0) is 0 Å². The second kappa shape index (κ2) is 7.89. The molecule has 4 nitrogen and oxygen atoms in total. The van der Waals surface area contributed by atoms with E-state index in [2.05, 4.69) is 18.8 Å². The molecule has 0 heterocycles. The van der Waals surface area contributed by atoms with E-state index in [1.54, 1.807) is 18.2 Å². The maximum Gasteiger partial charge on any atom is 0.276 e. The van der Waals surface area contributed by atoms with Gasteiger partial charge in [-0.3, -0.25) is 4.79 Å². The molecule has 0 atom stereocenters. The highest BCUT2D eigenvalue weighted by Crippen LogP contribution is 2.53. The fraction of sp³-hybridized carbons (Fsp3) is 0.400. The van der Waals surface area contributed by atoms with Crippen LogP contribution in [0.2, 0.25) is 5.02 Å². The lowest BCUT2D eigenvalue weighted by molar-refractivity contribution is -0.00810. The minimum atomic E-state index is -0.419. The number of hydrogen-bond donors (Lipinski definition) is 0. The van der Waals surface area contributed by atoms with Gasteiger partial charge in [-0.05, 0) is 35.7 Å². The monoisotopic (exact) mass is 422 g/mol. The lowest BCUT2D eigenvalue weighted by atomic mass is 9.51. The highest BCUT2D eigenvalue weighted by Gasteiger charge is 2.61. The first-order valence-electron chi connectivity index (χ1n) is 10.1. The van der Waals surface area contributed by atoms with E-state index in [0.29, 0.717) is 27.8 Å². The van der Waals surface area contributed by atoms with Crippen LogP contribution in [0.15, 0.2) is 47.5 Å². The fourth-order valence-corrected chi connectivity index (χ4v) is 4.67. The van der Waals surface area contributed by atoms with E-state index in [4.69, 9.17) is 21.6 Å². The standard InChI is InChI=1S/C25H27ClN2O2/c1-15(2)16-7-9-17(10-8-16)21(29)28-22-24(3,4)23(25(22,5)6)30-19-12-11-18(14-27)20(26)13-19/h7-13,15,23H,1-6H3. The summed E-state index contributed by atoms with van der Waals surface area (Å²) in [7, 11) is 0. The molecule has 1 amide bonds. The Bertz CT molecular complexity index is 1030. The summed E-state index contributed by atoms with van der Waals surface area (Å²) in [6, 6.07) is 14.7. The van der Waals surface area contributed by atoms with Crippen molar-refractivity contribution in [2.75, 3.05) is 0 Å². The first-order valence-corrected chi connectivity index (χ1v) is 10.5. The third-order valence-electron chi connectivity index (χ3n) is 5.88. The molecule has 1 aliphatic carbocycles. The normalized spacial score (nSPS) is 19.0.